The minimum absolute atomic E-state index is 0.114. The van der Waals surface area contributed by atoms with Crippen LogP contribution < -0.4 is 10.6 Å². The van der Waals surface area contributed by atoms with Gasteiger partial charge in [0.1, 0.15) is 0 Å². The van der Waals surface area contributed by atoms with Gasteiger partial charge in [-0.25, -0.2) is 4.79 Å². The Bertz CT molecular complexity index is 188. The second kappa shape index (κ2) is 9.38. The van der Waals surface area contributed by atoms with E-state index in [4.69, 9.17) is 4.74 Å². The number of nitrogens with one attached hydrogen (secondary N) is 2. The van der Waals surface area contributed by atoms with E-state index in [0.29, 0.717) is 32.8 Å². The molecule has 0 rings (SSSR count). The number of aliphatic hydroxyl groups excluding tert-OH is 1. The first-order valence-corrected chi connectivity index (χ1v) is 5.49. The van der Waals surface area contributed by atoms with Crippen LogP contribution in [0.25, 0.3) is 0 Å². The van der Waals surface area contributed by atoms with Crippen LogP contribution in [0.2, 0.25) is 0 Å². The van der Waals surface area contributed by atoms with Crippen LogP contribution in [0, 0.1) is 0 Å². The first kappa shape index (κ1) is 15.2. The van der Waals surface area contributed by atoms with Crippen molar-refractivity contribution in [1.29, 1.82) is 0 Å². The van der Waals surface area contributed by atoms with Crippen molar-refractivity contribution in [2.24, 2.45) is 0 Å². The largest absolute Gasteiger partial charge is 0.389 e. The van der Waals surface area contributed by atoms with Gasteiger partial charge in [0.25, 0.3) is 0 Å². The van der Waals surface area contributed by atoms with Crippen molar-refractivity contribution >= 4 is 6.03 Å². The Labute approximate surface area is 97.0 Å². The fourth-order valence-electron chi connectivity index (χ4n) is 0.997. The van der Waals surface area contributed by atoms with E-state index in [2.05, 4.69) is 10.6 Å². The fraction of sp³-hybridized carbons (Fsp3) is 0.900. The van der Waals surface area contributed by atoms with Crippen molar-refractivity contribution in [2.75, 3.05) is 46.9 Å². The molecule has 0 heterocycles. The summed E-state index contributed by atoms with van der Waals surface area (Å²) in [7, 11) is 3.38. The molecule has 0 aromatic carbocycles. The van der Waals surface area contributed by atoms with Crippen LogP contribution in [-0.2, 0) is 4.74 Å². The van der Waals surface area contributed by atoms with Gasteiger partial charge in [0.15, 0.2) is 0 Å². The lowest BCUT2D eigenvalue weighted by Gasteiger charge is -2.14. The van der Waals surface area contributed by atoms with Gasteiger partial charge in [-0.15, -0.1) is 0 Å². The van der Waals surface area contributed by atoms with Gasteiger partial charge in [0, 0.05) is 40.3 Å². The zero-order chi connectivity index (χ0) is 12.4. The Kier molecular flexibility index (Phi) is 8.88. The van der Waals surface area contributed by atoms with E-state index in [9.17, 15) is 9.90 Å². The van der Waals surface area contributed by atoms with Gasteiger partial charge in [-0.2, -0.15) is 0 Å². The monoisotopic (exact) mass is 233 g/mol. The number of ether oxygens (including phenoxy) is 1. The predicted molar refractivity (Wildman–Crippen MR) is 62.5 cm³/mol. The molecular weight excluding hydrogens is 210 g/mol. The van der Waals surface area contributed by atoms with Crippen LogP contribution in [0.3, 0.4) is 0 Å². The number of hydrogen-bond donors (Lipinski definition) is 3. The average Bonchev–Trinajstić information content (AvgIpc) is 2.25. The molecule has 0 spiro atoms. The number of carbonyl (C=O) groups is 1. The van der Waals surface area contributed by atoms with Gasteiger partial charge in [-0.1, -0.05) is 0 Å². The number of aliphatic hydroxyl groups is 1. The fourth-order valence-corrected chi connectivity index (χ4v) is 0.997. The van der Waals surface area contributed by atoms with Crippen molar-refractivity contribution < 1.29 is 14.6 Å². The number of nitrogens with zero attached hydrogens (tertiary/aromatic N) is 1. The Morgan fingerprint density at radius 3 is 2.69 bits per heavy atom. The number of carbonyl (C=O) groups excluding carboxylic acids is 1. The molecular formula is C10H23N3O3. The van der Waals surface area contributed by atoms with Crippen molar-refractivity contribution in [2.45, 2.75) is 13.0 Å². The quantitative estimate of drug-likeness (QED) is 0.482. The number of amides is 2. The Hall–Kier alpha value is -0.850. The molecule has 0 aliphatic heterocycles. The number of hydrogen-bond acceptors (Lipinski definition) is 4. The molecule has 16 heavy (non-hydrogen) atoms. The lowest BCUT2D eigenvalue weighted by Crippen LogP contribution is -2.40. The zero-order valence-corrected chi connectivity index (χ0v) is 10.3. The standard InChI is InChI=1S/C10H23N3O3/c1-4-16-8-9(14)7-11-5-6-12-10(15)13(2)3/h9,11,14H,4-8H2,1-3H3,(H,12,15). The third-order valence-electron chi connectivity index (χ3n) is 1.88. The summed E-state index contributed by atoms with van der Waals surface area (Å²) in [6.45, 7) is 4.47. The van der Waals surface area contributed by atoms with Crippen molar-refractivity contribution in [1.82, 2.24) is 15.5 Å². The maximum atomic E-state index is 11.1. The maximum Gasteiger partial charge on any atom is 0.316 e. The first-order chi connectivity index (χ1) is 7.57. The highest BCUT2D eigenvalue weighted by molar-refractivity contribution is 5.73. The molecule has 0 aromatic heterocycles. The summed E-state index contributed by atoms with van der Waals surface area (Å²) in [6.07, 6.45) is -0.496. The van der Waals surface area contributed by atoms with Gasteiger partial charge in [0.2, 0.25) is 0 Å². The van der Waals surface area contributed by atoms with Gasteiger partial charge in [0.05, 0.1) is 12.7 Å². The van der Waals surface area contributed by atoms with E-state index < -0.39 is 6.10 Å². The van der Waals surface area contributed by atoms with Crippen LogP contribution >= 0.6 is 0 Å². The van der Waals surface area contributed by atoms with Gasteiger partial charge in [-0.3, -0.25) is 0 Å². The molecule has 3 N–H and O–H groups in total. The Balaban J connectivity index is 3.29. The Morgan fingerprint density at radius 1 is 1.44 bits per heavy atom. The van der Waals surface area contributed by atoms with Crippen molar-refractivity contribution in [3.8, 4) is 0 Å². The average molecular weight is 233 g/mol. The Morgan fingerprint density at radius 2 is 2.12 bits per heavy atom. The highest BCUT2D eigenvalue weighted by Gasteiger charge is 2.03. The van der Waals surface area contributed by atoms with Crippen molar-refractivity contribution in [3.05, 3.63) is 0 Å². The van der Waals surface area contributed by atoms with E-state index in [0.717, 1.165) is 0 Å². The normalized spacial score (nSPS) is 12.2. The first-order valence-electron chi connectivity index (χ1n) is 5.49. The van der Waals surface area contributed by atoms with E-state index in [1.807, 2.05) is 6.92 Å². The molecule has 0 fully saturated rings. The molecule has 1 unspecified atom stereocenters. The molecule has 0 aromatic rings. The van der Waals surface area contributed by atoms with Crippen LogP contribution in [0.4, 0.5) is 4.79 Å². The van der Waals surface area contributed by atoms with Gasteiger partial charge >= 0.3 is 6.03 Å². The number of urea groups is 1. The lowest BCUT2D eigenvalue weighted by atomic mass is 10.4. The van der Waals surface area contributed by atoms with E-state index in [-0.39, 0.29) is 6.03 Å². The van der Waals surface area contributed by atoms with E-state index >= 15 is 0 Å². The highest BCUT2D eigenvalue weighted by atomic mass is 16.5. The summed E-state index contributed by atoms with van der Waals surface area (Å²) >= 11 is 0. The van der Waals surface area contributed by atoms with Gasteiger partial charge < -0.3 is 25.4 Å². The van der Waals surface area contributed by atoms with Crippen LogP contribution in [0.15, 0.2) is 0 Å². The van der Waals surface area contributed by atoms with Crippen molar-refractivity contribution in [3.63, 3.8) is 0 Å². The van der Waals surface area contributed by atoms with E-state index in [1.165, 1.54) is 4.90 Å². The zero-order valence-electron chi connectivity index (χ0n) is 10.3. The third-order valence-corrected chi connectivity index (χ3v) is 1.88. The predicted octanol–water partition coefficient (Wildman–Crippen LogP) is -0.755. The lowest BCUT2D eigenvalue weighted by molar-refractivity contribution is 0.0430. The molecule has 2 amide bonds. The summed E-state index contributed by atoms with van der Waals surface area (Å²) in [5.74, 6) is 0. The molecule has 0 aliphatic carbocycles. The summed E-state index contributed by atoms with van der Waals surface area (Å²) in [5.41, 5.74) is 0. The number of rotatable bonds is 8. The summed E-state index contributed by atoms with van der Waals surface area (Å²) in [5, 5.41) is 15.1. The molecule has 0 bridgehead atoms. The SMILES string of the molecule is CCOCC(O)CNCCNC(=O)N(C)C. The van der Waals surface area contributed by atoms with Crippen LogP contribution in [0.1, 0.15) is 6.92 Å². The smallest absolute Gasteiger partial charge is 0.316 e. The van der Waals surface area contributed by atoms with Crippen LogP contribution in [0.5, 0.6) is 0 Å². The molecule has 1 atom stereocenters. The van der Waals surface area contributed by atoms with Gasteiger partial charge in [-0.05, 0) is 6.92 Å². The molecule has 0 saturated carbocycles. The summed E-state index contributed by atoms with van der Waals surface area (Å²) in [4.78, 5) is 12.6. The minimum atomic E-state index is -0.496. The molecule has 6 heteroatoms. The maximum absolute atomic E-state index is 11.1. The minimum Gasteiger partial charge on any atom is -0.389 e. The molecule has 96 valence electrons. The summed E-state index contributed by atoms with van der Waals surface area (Å²) in [6, 6.07) is -0.114. The third kappa shape index (κ3) is 8.46. The molecule has 0 aliphatic rings. The molecule has 0 radical (unpaired) electrons. The van der Waals surface area contributed by atoms with Crippen LogP contribution in [-0.4, -0.2) is 69.1 Å². The second-order valence-electron chi connectivity index (χ2n) is 3.64. The van der Waals surface area contributed by atoms with E-state index in [1.54, 1.807) is 14.1 Å². The summed E-state index contributed by atoms with van der Waals surface area (Å²) < 4.78 is 5.06. The molecule has 0 saturated heterocycles. The second-order valence-corrected chi connectivity index (χ2v) is 3.64. The highest BCUT2D eigenvalue weighted by Crippen LogP contribution is 1.83. The molecule has 6 nitrogen and oxygen atoms in total. The topological polar surface area (TPSA) is 73.8 Å².